The summed E-state index contributed by atoms with van der Waals surface area (Å²) < 4.78 is 11.4. The summed E-state index contributed by atoms with van der Waals surface area (Å²) >= 11 is 0. The van der Waals surface area contributed by atoms with Gasteiger partial charge in [0.05, 0.1) is 24.2 Å². The van der Waals surface area contributed by atoms with Crippen LogP contribution in [0.25, 0.3) is 0 Å². The van der Waals surface area contributed by atoms with Crippen LogP contribution in [-0.2, 0) is 9.53 Å². The minimum Gasteiger partial charge on any atom is -0.496 e. The SMILES string of the molecule is COc1cc(NC(=O)[C@H]2CC[C@@H](N3COCNc4c(N(C)CCN(C)C)cccc43)CC2)ccc1C. The molecule has 4 rings (SSSR count). The van der Waals surface area contributed by atoms with Gasteiger partial charge in [-0.2, -0.15) is 0 Å². The largest absolute Gasteiger partial charge is 0.496 e. The Bertz CT molecular complexity index is 1040. The average molecular weight is 496 g/mol. The number of hydrogen-bond acceptors (Lipinski definition) is 7. The minimum atomic E-state index is 0.0162. The molecule has 0 atom stereocenters. The molecule has 2 N–H and O–H groups in total. The Kier molecular flexibility index (Phi) is 8.59. The van der Waals surface area contributed by atoms with Gasteiger partial charge in [0, 0.05) is 43.9 Å². The fraction of sp³-hybridized carbons (Fsp3) is 0.536. The lowest BCUT2D eigenvalue weighted by Gasteiger charge is -2.38. The van der Waals surface area contributed by atoms with E-state index in [-0.39, 0.29) is 11.8 Å². The molecule has 0 bridgehead atoms. The minimum absolute atomic E-state index is 0.0162. The number of likely N-dealkylation sites (N-methyl/N-ethyl adjacent to an activating group) is 2. The number of anilines is 4. The lowest BCUT2D eigenvalue weighted by Crippen LogP contribution is -2.41. The summed E-state index contributed by atoms with van der Waals surface area (Å²) in [7, 11) is 7.99. The molecule has 2 aromatic carbocycles. The Hall–Kier alpha value is -2.97. The molecule has 0 saturated heterocycles. The third-order valence-corrected chi connectivity index (χ3v) is 7.39. The highest BCUT2D eigenvalue weighted by atomic mass is 16.5. The average Bonchev–Trinajstić information content (AvgIpc) is 3.11. The number of ether oxygens (including phenoxy) is 2. The van der Waals surface area contributed by atoms with Crippen molar-refractivity contribution >= 4 is 28.7 Å². The Balaban J connectivity index is 1.42. The molecule has 1 fully saturated rings. The van der Waals surface area contributed by atoms with Crippen LogP contribution in [0, 0.1) is 12.8 Å². The second-order valence-corrected chi connectivity index (χ2v) is 10.2. The monoisotopic (exact) mass is 495 g/mol. The fourth-order valence-corrected chi connectivity index (χ4v) is 5.17. The first-order valence-corrected chi connectivity index (χ1v) is 12.9. The molecule has 0 aromatic heterocycles. The van der Waals surface area contributed by atoms with Crippen molar-refractivity contribution < 1.29 is 14.3 Å². The van der Waals surface area contributed by atoms with E-state index in [0.717, 1.165) is 61.5 Å². The molecule has 8 heteroatoms. The van der Waals surface area contributed by atoms with Crippen molar-refractivity contribution in [1.82, 2.24) is 4.90 Å². The van der Waals surface area contributed by atoms with Gasteiger partial charge < -0.3 is 34.8 Å². The number of benzene rings is 2. The van der Waals surface area contributed by atoms with Crippen LogP contribution in [0.4, 0.5) is 22.7 Å². The third kappa shape index (κ3) is 6.05. The molecule has 2 aliphatic rings. The molecule has 8 nitrogen and oxygen atoms in total. The molecular weight excluding hydrogens is 454 g/mol. The van der Waals surface area contributed by atoms with Gasteiger partial charge in [0.25, 0.3) is 0 Å². The number of amides is 1. The maximum Gasteiger partial charge on any atom is 0.227 e. The van der Waals surface area contributed by atoms with Crippen molar-refractivity contribution in [3.8, 4) is 5.75 Å². The van der Waals surface area contributed by atoms with Crippen molar-refractivity contribution in [1.29, 1.82) is 0 Å². The first-order chi connectivity index (χ1) is 17.4. The van der Waals surface area contributed by atoms with Crippen molar-refractivity contribution in [2.75, 3.05) is 75.2 Å². The summed E-state index contributed by atoms with van der Waals surface area (Å²) in [6.07, 6.45) is 3.64. The van der Waals surface area contributed by atoms with E-state index >= 15 is 0 Å². The Morgan fingerprint density at radius 3 is 2.64 bits per heavy atom. The van der Waals surface area contributed by atoms with Crippen LogP contribution >= 0.6 is 0 Å². The summed E-state index contributed by atoms with van der Waals surface area (Å²) in [6.45, 7) is 4.97. The number of methoxy groups -OCH3 is 1. The van der Waals surface area contributed by atoms with E-state index in [9.17, 15) is 4.79 Å². The van der Waals surface area contributed by atoms with Crippen molar-refractivity contribution in [3.63, 3.8) is 0 Å². The second-order valence-electron chi connectivity index (χ2n) is 10.2. The molecule has 2 aromatic rings. The van der Waals surface area contributed by atoms with Crippen molar-refractivity contribution in [2.24, 2.45) is 5.92 Å². The lowest BCUT2D eigenvalue weighted by molar-refractivity contribution is -0.120. The van der Waals surface area contributed by atoms with E-state index in [0.29, 0.717) is 19.5 Å². The van der Waals surface area contributed by atoms with Gasteiger partial charge >= 0.3 is 0 Å². The van der Waals surface area contributed by atoms with E-state index in [2.05, 4.69) is 64.7 Å². The molecule has 0 radical (unpaired) electrons. The number of nitrogens with zero attached hydrogens (tertiary/aromatic N) is 3. The summed E-state index contributed by atoms with van der Waals surface area (Å²) in [5, 5.41) is 6.60. The van der Waals surface area contributed by atoms with Gasteiger partial charge in [0.1, 0.15) is 19.2 Å². The maximum absolute atomic E-state index is 13.0. The molecule has 36 heavy (non-hydrogen) atoms. The van der Waals surface area contributed by atoms with Gasteiger partial charge in [-0.15, -0.1) is 0 Å². The fourth-order valence-electron chi connectivity index (χ4n) is 5.17. The number of hydrogen-bond donors (Lipinski definition) is 2. The number of rotatable bonds is 8. The quantitative estimate of drug-likeness (QED) is 0.564. The Labute approximate surface area is 215 Å². The van der Waals surface area contributed by atoms with Gasteiger partial charge in [-0.1, -0.05) is 12.1 Å². The van der Waals surface area contributed by atoms with E-state index in [1.54, 1.807) is 7.11 Å². The molecule has 1 saturated carbocycles. The van der Waals surface area contributed by atoms with E-state index in [1.807, 2.05) is 25.1 Å². The topological polar surface area (TPSA) is 69.3 Å². The second kappa shape index (κ2) is 11.8. The third-order valence-electron chi connectivity index (χ3n) is 7.39. The van der Waals surface area contributed by atoms with Crippen LogP contribution in [0.1, 0.15) is 31.2 Å². The van der Waals surface area contributed by atoms with Crippen LogP contribution < -0.4 is 25.2 Å². The van der Waals surface area contributed by atoms with E-state index in [4.69, 9.17) is 9.47 Å². The zero-order chi connectivity index (χ0) is 25.7. The molecule has 0 unspecified atom stereocenters. The van der Waals surface area contributed by atoms with Gasteiger partial charge in [-0.25, -0.2) is 0 Å². The number of para-hydroxylation sites is 1. The van der Waals surface area contributed by atoms with Crippen LogP contribution in [-0.4, -0.2) is 71.7 Å². The van der Waals surface area contributed by atoms with Gasteiger partial charge in [-0.3, -0.25) is 4.79 Å². The van der Waals surface area contributed by atoms with Crippen LogP contribution in [0.5, 0.6) is 5.75 Å². The summed E-state index contributed by atoms with van der Waals surface area (Å²) in [6, 6.07) is 12.6. The highest BCUT2D eigenvalue weighted by Crippen LogP contribution is 2.40. The van der Waals surface area contributed by atoms with Crippen LogP contribution in [0.15, 0.2) is 36.4 Å². The number of carbonyl (C=O) groups excluding carboxylic acids is 1. The summed E-state index contributed by atoms with van der Waals surface area (Å²) in [4.78, 5) is 19.9. The smallest absolute Gasteiger partial charge is 0.227 e. The van der Waals surface area contributed by atoms with Gasteiger partial charge in [0.15, 0.2) is 0 Å². The number of carbonyl (C=O) groups is 1. The summed E-state index contributed by atoms with van der Waals surface area (Å²) in [5.74, 6) is 0.901. The predicted molar refractivity (Wildman–Crippen MR) is 147 cm³/mol. The highest BCUT2D eigenvalue weighted by Gasteiger charge is 2.32. The lowest BCUT2D eigenvalue weighted by atomic mass is 9.84. The number of nitrogens with one attached hydrogen (secondary N) is 2. The maximum atomic E-state index is 13.0. The molecule has 1 aliphatic carbocycles. The zero-order valence-electron chi connectivity index (χ0n) is 22.3. The van der Waals surface area contributed by atoms with Crippen LogP contribution in [0.3, 0.4) is 0 Å². The van der Waals surface area contributed by atoms with Gasteiger partial charge in [-0.05, 0) is 70.5 Å². The van der Waals surface area contributed by atoms with E-state index in [1.165, 1.54) is 11.4 Å². The molecule has 0 spiro atoms. The van der Waals surface area contributed by atoms with E-state index < -0.39 is 0 Å². The standard InChI is InChI=1S/C28H41N5O3/c1-20-9-12-22(17-26(20)35-5)30-28(34)21-10-13-23(14-11-21)33-19-36-18-29-27-24(7-6-8-25(27)33)32(4)16-15-31(2)3/h6-9,12,17,21,23,29H,10-11,13-16,18-19H2,1-5H3,(H,30,34)/t21-,23+. The first kappa shape index (κ1) is 26.1. The molecular formula is C28H41N5O3. The number of aryl methyl sites for hydroxylation is 1. The van der Waals surface area contributed by atoms with Crippen LogP contribution in [0.2, 0.25) is 0 Å². The van der Waals surface area contributed by atoms with Gasteiger partial charge in [0.2, 0.25) is 5.91 Å². The Morgan fingerprint density at radius 2 is 1.92 bits per heavy atom. The summed E-state index contributed by atoms with van der Waals surface area (Å²) in [5.41, 5.74) is 5.34. The normalized spacial score (nSPS) is 19.8. The number of fused-ring (bicyclic) bond motifs is 1. The highest BCUT2D eigenvalue weighted by molar-refractivity contribution is 5.93. The molecule has 1 aliphatic heterocycles. The first-order valence-electron chi connectivity index (χ1n) is 12.9. The van der Waals surface area contributed by atoms with Crippen molar-refractivity contribution in [2.45, 2.75) is 38.6 Å². The van der Waals surface area contributed by atoms with Crippen molar-refractivity contribution in [3.05, 3.63) is 42.0 Å². The zero-order valence-corrected chi connectivity index (χ0v) is 22.3. The Morgan fingerprint density at radius 1 is 1.14 bits per heavy atom. The molecule has 196 valence electrons. The molecule has 1 heterocycles. The predicted octanol–water partition coefficient (Wildman–Crippen LogP) is 4.36. The molecule has 1 amide bonds.